The van der Waals surface area contributed by atoms with E-state index in [1.165, 1.54) is 0 Å². The highest BCUT2D eigenvalue weighted by Crippen LogP contribution is 2.38. The van der Waals surface area contributed by atoms with E-state index in [9.17, 15) is 0 Å². The van der Waals surface area contributed by atoms with Crippen LogP contribution in [0.3, 0.4) is 0 Å². The summed E-state index contributed by atoms with van der Waals surface area (Å²) in [6.07, 6.45) is 6.60. The molecule has 4 N–H and O–H groups in total. The number of likely N-dealkylation sites (N-methyl/N-ethyl adjacent to an activating group) is 2. The van der Waals surface area contributed by atoms with Gasteiger partial charge in [0.05, 0.1) is 66.2 Å². The zero-order valence-corrected chi connectivity index (χ0v) is 44.2. The van der Waals surface area contributed by atoms with Gasteiger partial charge in [0.25, 0.3) is 0 Å². The van der Waals surface area contributed by atoms with Gasteiger partial charge in [0.15, 0.2) is 11.6 Å². The average molecular weight is 1080 g/mol. The maximum absolute atomic E-state index is 15.2. The topological polar surface area (TPSA) is 195 Å². The van der Waals surface area contributed by atoms with E-state index < -0.39 is 12.2 Å². The van der Waals surface area contributed by atoms with Crippen LogP contribution >= 0.6 is 46.4 Å². The van der Waals surface area contributed by atoms with E-state index in [-0.39, 0.29) is 18.4 Å². The molecule has 4 aliphatic heterocycles. The van der Waals surface area contributed by atoms with Crippen LogP contribution in [0.4, 0.5) is 4.79 Å². The lowest BCUT2D eigenvalue weighted by Crippen LogP contribution is -2.68. The molecule has 384 valence electrons. The molecule has 2 aromatic carbocycles. The monoisotopic (exact) mass is 1080 g/mol. The molecule has 4 unspecified atom stereocenters. The molecule has 12 rings (SSSR count). The van der Waals surface area contributed by atoms with Gasteiger partial charge in [-0.05, 0) is 64.3 Å². The minimum Gasteiger partial charge on any atom is -0.486 e. The van der Waals surface area contributed by atoms with Crippen molar-refractivity contribution >= 4 is 74.2 Å². The third-order valence-corrected chi connectivity index (χ3v) is 16.1. The Kier molecular flexibility index (Phi) is 13.2. The number of aromatic nitrogens is 10. The number of piperazine rings is 2. The van der Waals surface area contributed by atoms with Gasteiger partial charge in [-0.15, -0.1) is 0 Å². The Labute approximate surface area is 446 Å². The number of aromatic amines is 4. The van der Waals surface area contributed by atoms with E-state index in [0.717, 1.165) is 96.7 Å². The number of pyridine rings is 2. The van der Waals surface area contributed by atoms with Crippen molar-refractivity contribution in [2.24, 2.45) is 0 Å². The summed E-state index contributed by atoms with van der Waals surface area (Å²) in [6.45, 7) is 10.8. The maximum Gasteiger partial charge on any atom is 0.322 e. The zero-order chi connectivity index (χ0) is 50.9. The van der Waals surface area contributed by atoms with Crippen molar-refractivity contribution in [2.75, 3.05) is 66.5 Å². The molecule has 8 aromatic rings. The van der Waals surface area contributed by atoms with Crippen molar-refractivity contribution in [3.8, 4) is 34.5 Å². The first-order valence-corrected chi connectivity index (χ1v) is 26.3. The molecule has 4 aliphatic rings. The van der Waals surface area contributed by atoms with Crippen molar-refractivity contribution in [3.63, 3.8) is 0 Å². The van der Waals surface area contributed by atoms with E-state index in [4.69, 9.17) is 76.0 Å². The minimum atomic E-state index is -0.423. The second-order valence-corrected chi connectivity index (χ2v) is 21.4. The lowest BCUT2D eigenvalue weighted by atomic mass is 10.1. The first-order chi connectivity index (χ1) is 35.8. The number of nitrogens with zero attached hydrogens (tertiary/aromatic N) is 12. The largest absolute Gasteiger partial charge is 0.486 e. The van der Waals surface area contributed by atoms with Crippen molar-refractivity contribution < 1.29 is 14.3 Å². The van der Waals surface area contributed by atoms with Crippen LogP contribution in [0.5, 0.6) is 11.5 Å². The Hall–Kier alpha value is -6.03. The van der Waals surface area contributed by atoms with Gasteiger partial charge in [0.1, 0.15) is 35.1 Å². The molecule has 4 atom stereocenters. The standard InChI is InChI=1S/C51H54Cl4N16O3/c1-27(45-33(52)19-56-20-34(45)53)73-29-5-7-37-31(17-29)47(64-62-37)49-58-39-9-11-68(23-41(39)60-49)43-25-66(3)13-15-70(43)51(72)71-16-14-67(4)26-44(71)69-12-10-40-42(24-69)61-50(59-40)48-32-18-30(6-8-38(32)63-65-48)74-28(2)46-35(54)21-57-22-36(46)55/h5-8,17-22,27-28,43-44H,9-16,23-26H2,1-4H3,(H,58,60)(H,59,61)(H,62,64)(H,63,65). The highest BCUT2D eigenvalue weighted by molar-refractivity contribution is 6.36. The Balaban J connectivity index is 0.746. The number of halogens is 4. The molecular formula is C51H54Cl4N16O3. The van der Waals surface area contributed by atoms with E-state index >= 15 is 4.79 Å². The van der Waals surface area contributed by atoms with Gasteiger partial charge < -0.3 is 39.0 Å². The van der Waals surface area contributed by atoms with Crippen LogP contribution in [0.1, 0.15) is 60.0 Å². The summed E-state index contributed by atoms with van der Waals surface area (Å²) in [6, 6.07) is 11.7. The van der Waals surface area contributed by atoms with Crippen LogP contribution in [0.15, 0.2) is 61.2 Å². The molecule has 2 saturated heterocycles. The fourth-order valence-corrected chi connectivity index (χ4v) is 12.4. The van der Waals surface area contributed by atoms with Crippen molar-refractivity contribution in [1.82, 2.24) is 79.7 Å². The molecule has 0 spiro atoms. The molecule has 2 amide bonds. The summed E-state index contributed by atoms with van der Waals surface area (Å²) in [7, 11) is 4.27. The number of urea groups is 1. The highest BCUT2D eigenvalue weighted by atomic mass is 35.5. The van der Waals surface area contributed by atoms with E-state index in [1.807, 2.05) is 50.2 Å². The van der Waals surface area contributed by atoms with Gasteiger partial charge in [-0.3, -0.25) is 30.0 Å². The number of carbonyl (C=O) groups is 1. The summed E-state index contributed by atoms with van der Waals surface area (Å²) in [4.78, 5) is 54.5. The molecule has 0 aliphatic carbocycles. The summed E-state index contributed by atoms with van der Waals surface area (Å²) >= 11 is 25.8. The summed E-state index contributed by atoms with van der Waals surface area (Å²) in [5, 5.41) is 19.2. The average Bonchev–Trinajstić information content (AvgIpc) is 4.21. The summed E-state index contributed by atoms with van der Waals surface area (Å²) in [5.74, 6) is 2.64. The number of benzene rings is 2. The lowest BCUT2D eigenvalue weighted by molar-refractivity contribution is -0.0411. The molecule has 0 saturated carbocycles. The number of H-pyrrole nitrogens is 4. The predicted molar refractivity (Wildman–Crippen MR) is 284 cm³/mol. The Morgan fingerprint density at radius 1 is 0.608 bits per heavy atom. The number of hydrogen-bond acceptors (Lipinski definition) is 13. The molecule has 2 fully saturated rings. The van der Waals surface area contributed by atoms with E-state index in [2.05, 4.69) is 73.6 Å². The van der Waals surface area contributed by atoms with Crippen LogP contribution in [-0.4, -0.2) is 165 Å². The van der Waals surface area contributed by atoms with Gasteiger partial charge in [-0.25, -0.2) is 14.8 Å². The summed E-state index contributed by atoms with van der Waals surface area (Å²) in [5.41, 5.74) is 8.51. The number of nitrogens with one attached hydrogen (secondary N) is 4. The quantitative estimate of drug-likeness (QED) is 0.102. The second-order valence-electron chi connectivity index (χ2n) is 19.7. The van der Waals surface area contributed by atoms with Gasteiger partial charge in [0.2, 0.25) is 0 Å². The number of carbonyl (C=O) groups excluding carboxylic acids is 1. The number of hydrogen-bond donors (Lipinski definition) is 4. The van der Waals surface area contributed by atoms with Crippen LogP contribution in [0.25, 0.3) is 44.8 Å². The van der Waals surface area contributed by atoms with Crippen LogP contribution in [0.2, 0.25) is 20.1 Å². The molecule has 6 aromatic heterocycles. The smallest absolute Gasteiger partial charge is 0.322 e. The molecule has 74 heavy (non-hydrogen) atoms. The van der Waals surface area contributed by atoms with Crippen LogP contribution in [-0.2, 0) is 25.9 Å². The number of fused-ring (bicyclic) bond motifs is 4. The third-order valence-electron chi connectivity index (χ3n) is 14.9. The third kappa shape index (κ3) is 9.20. The Bertz CT molecular complexity index is 3150. The fraction of sp³-hybridized carbons (Fsp3) is 0.392. The van der Waals surface area contributed by atoms with Gasteiger partial charge in [0, 0.05) is 125 Å². The van der Waals surface area contributed by atoms with Crippen molar-refractivity contribution in [3.05, 3.63) is 115 Å². The zero-order valence-electron chi connectivity index (χ0n) is 41.2. The predicted octanol–water partition coefficient (Wildman–Crippen LogP) is 8.59. The van der Waals surface area contributed by atoms with Crippen LogP contribution in [0, 0.1) is 0 Å². The van der Waals surface area contributed by atoms with Crippen molar-refractivity contribution in [2.45, 2.75) is 64.3 Å². The van der Waals surface area contributed by atoms with Crippen molar-refractivity contribution in [1.29, 1.82) is 0 Å². The van der Waals surface area contributed by atoms with Gasteiger partial charge in [-0.1, -0.05) is 46.4 Å². The van der Waals surface area contributed by atoms with Crippen LogP contribution < -0.4 is 9.47 Å². The first-order valence-electron chi connectivity index (χ1n) is 24.8. The van der Waals surface area contributed by atoms with Gasteiger partial charge >= 0.3 is 6.03 Å². The SMILES string of the molecule is CC(Oc1ccc2[nH]nc(-c3nc4c([nH]3)CN(C3CN(C)CCN3C(=O)N3CCN(C)CC3N3CCc5nc(-c6n[nH]c7ccc(OC(C)c8c(Cl)cncc8Cl)cc67)[nH]c5C3)CC4)c2c1)c1c(Cl)cncc1Cl. The fourth-order valence-electron chi connectivity index (χ4n) is 11.0. The lowest BCUT2D eigenvalue weighted by Gasteiger charge is -2.51. The minimum absolute atomic E-state index is 0.0704. The summed E-state index contributed by atoms with van der Waals surface area (Å²) < 4.78 is 12.7. The molecule has 10 heterocycles. The number of ether oxygens (including phenoxy) is 2. The van der Waals surface area contributed by atoms with E-state index in [0.29, 0.717) is 91.9 Å². The molecule has 0 bridgehead atoms. The van der Waals surface area contributed by atoms with Gasteiger partial charge in [-0.2, -0.15) is 10.2 Å². The molecular weight excluding hydrogens is 1030 g/mol. The maximum atomic E-state index is 15.2. The number of rotatable bonds is 10. The number of imidazole rings is 2. The Morgan fingerprint density at radius 2 is 1.03 bits per heavy atom. The normalized spacial score (nSPS) is 20.0. The molecule has 19 nitrogen and oxygen atoms in total. The molecule has 0 radical (unpaired) electrons. The Morgan fingerprint density at radius 3 is 1.45 bits per heavy atom. The first kappa shape index (κ1) is 48.9. The molecule has 23 heteroatoms. The van der Waals surface area contributed by atoms with E-state index in [1.54, 1.807) is 24.8 Å². The highest BCUT2D eigenvalue weighted by Gasteiger charge is 2.42. The number of amides is 2. The second kappa shape index (κ2) is 19.9.